The van der Waals surface area contributed by atoms with Crippen molar-refractivity contribution >= 4 is 29.3 Å². The number of carbonyl (C=O) groups is 2. The number of aliphatic carboxylic acids is 1. The van der Waals surface area contributed by atoms with Gasteiger partial charge in [-0.2, -0.15) is 0 Å². The molecule has 1 aromatic heterocycles. The van der Waals surface area contributed by atoms with Gasteiger partial charge in [-0.1, -0.05) is 6.42 Å². The minimum absolute atomic E-state index is 0.0134. The second-order valence-electron chi connectivity index (χ2n) is 5.02. The molecule has 4 nitrogen and oxygen atoms in total. The summed E-state index contributed by atoms with van der Waals surface area (Å²) in [7, 11) is 0. The van der Waals surface area contributed by atoms with Gasteiger partial charge in [0.05, 0.1) is 4.88 Å². The van der Waals surface area contributed by atoms with Crippen molar-refractivity contribution in [1.82, 2.24) is 4.90 Å². The van der Waals surface area contributed by atoms with Gasteiger partial charge in [0, 0.05) is 19.2 Å². The predicted molar refractivity (Wildman–Crippen MR) is 79.9 cm³/mol. The molecular formula is C15H19NO3S. The average molecular weight is 293 g/mol. The second-order valence-corrected chi connectivity index (χ2v) is 5.93. The molecule has 0 bridgehead atoms. The van der Waals surface area contributed by atoms with Gasteiger partial charge in [0.2, 0.25) is 0 Å². The maximum atomic E-state index is 12.5. The lowest BCUT2D eigenvalue weighted by Gasteiger charge is -2.31. The van der Waals surface area contributed by atoms with Gasteiger partial charge < -0.3 is 10.0 Å². The third-order valence-corrected chi connectivity index (χ3v) is 4.59. The normalized spacial score (nSPS) is 15.2. The Bertz CT molecular complexity index is 517. The summed E-state index contributed by atoms with van der Waals surface area (Å²) in [5.41, 5.74) is 0.689. The number of carboxylic acid groups (broad SMARTS) is 1. The van der Waals surface area contributed by atoms with Gasteiger partial charge in [-0.3, -0.25) is 4.79 Å². The predicted octanol–water partition coefficient (Wildman–Crippen LogP) is 3.11. The van der Waals surface area contributed by atoms with Gasteiger partial charge in [-0.25, -0.2) is 4.79 Å². The van der Waals surface area contributed by atoms with Gasteiger partial charge in [-0.05, 0) is 48.8 Å². The molecule has 0 saturated heterocycles. The zero-order valence-electron chi connectivity index (χ0n) is 11.5. The molecule has 1 aliphatic rings. The number of thiophene rings is 1. The highest BCUT2D eigenvalue weighted by Gasteiger charge is 2.24. The van der Waals surface area contributed by atoms with Crippen LogP contribution in [0.1, 0.15) is 41.4 Å². The smallest absolute Gasteiger partial charge is 0.328 e. The van der Waals surface area contributed by atoms with E-state index in [4.69, 9.17) is 5.11 Å². The first kappa shape index (κ1) is 14.8. The Hall–Kier alpha value is -1.62. The van der Waals surface area contributed by atoms with E-state index in [1.165, 1.54) is 36.7 Å². The lowest BCUT2D eigenvalue weighted by molar-refractivity contribution is -0.131. The molecule has 108 valence electrons. The van der Waals surface area contributed by atoms with Gasteiger partial charge in [-0.15, -0.1) is 11.3 Å². The van der Waals surface area contributed by atoms with Crippen LogP contribution in [0.15, 0.2) is 17.5 Å². The van der Waals surface area contributed by atoms with E-state index in [9.17, 15) is 9.59 Å². The molecule has 1 aliphatic carbocycles. The fraction of sp³-hybridized carbons (Fsp3) is 0.467. The van der Waals surface area contributed by atoms with Crippen molar-refractivity contribution in [3.63, 3.8) is 0 Å². The van der Waals surface area contributed by atoms with E-state index in [1.54, 1.807) is 6.07 Å². The standard InChI is InChI=1S/C15H19NO3S/c1-2-16(10-11-4-3-5-11)15(19)14-12(8-9-20-14)6-7-13(17)18/h6-9,11H,2-5,10H2,1H3,(H,17,18)/b7-6+. The highest BCUT2D eigenvalue weighted by molar-refractivity contribution is 7.12. The summed E-state index contributed by atoms with van der Waals surface area (Å²) in [6.45, 7) is 3.49. The zero-order chi connectivity index (χ0) is 14.5. The van der Waals surface area contributed by atoms with Crippen molar-refractivity contribution in [1.29, 1.82) is 0 Å². The van der Waals surface area contributed by atoms with Crippen molar-refractivity contribution in [3.8, 4) is 0 Å². The van der Waals surface area contributed by atoms with E-state index in [0.717, 1.165) is 12.6 Å². The summed E-state index contributed by atoms with van der Waals surface area (Å²) in [6.07, 6.45) is 6.24. The zero-order valence-corrected chi connectivity index (χ0v) is 12.4. The summed E-state index contributed by atoms with van der Waals surface area (Å²) in [5.74, 6) is -0.354. The summed E-state index contributed by atoms with van der Waals surface area (Å²) in [4.78, 5) is 25.6. The van der Waals surface area contributed by atoms with E-state index in [1.807, 2.05) is 17.2 Å². The highest BCUT2D eigenvalue weighted by atomic mass is 32.1. The molecule has 1 aromatic rings. The van der Waals surface area contributed by atoms with E-state index in [2.05, 4.69) is 0 Å². The molecule has 0 spiro atoms. The molecule has 20 heavy (non-hydrogen) atoms. The second kappa shape index (κ2) is 6.70. The molecule has 0 aromatic carbocycles. The van der Waals surface area contributed by atoms with Crippen LogP contribution < -0.4 is 0 Å². The van der Waals surface area contributed by atoms with Gasteiger partial charge >= 0.3 is 5.97 Å². The van der Waals surface area contributed by atoms with Crippen LogP contribution in [0.25, 0.3) is 6.08 Å². The largest absolute Gasteiger partial charge is 0.478 e. The Morgan fingerprint density at radius 1 is 1.50 bits per heavy atom. The molecule has 1 fully saturated rings. The third kappa shape index (κ3) is 3.48. The van der Waals surface area contributed by atoms with Crippen LogP contribution in [0.4, 0.5) is 0 Å². The lowest BCUT2D eigenvalue weighted by atomic mass is 9.85. The molecule has 0 aliphatic heterocycles. The fourth-order valence-corrected chi connectivity index (χ4v) is 3.12. The van der Waals surface area contributed by atoms with Gasteiger partial charge in [0.15, 0.2) is 0 Å². The molecule has 1 saturated carbocycles. The molecule has 1 amide bonds. The summed E-state index contributed by atoms with van der Waals surface area (Å²) in [6, 6.07) is 1.79. The summed E-state index contributed by atoms with van der Waals surface area (Å²) in [5, 5.41) is 10.5. The molecule has 0 unspecified atom stereocenters. The Balaban J connectivity index is 2.10. The number of carboxylic acids is 1. The topological polar surface area (TPSA) is 57.6 Å². The van der Waals surface area contributed by atoms with Crippen LogP contribution in [0.3, 0.4) is 0 Å². The quantitative estimate of drug-likeness (QED) is 0.820. The maximum Gasteiger partial charge on any atom is 0.328 e. The van der Waals surface area contributed by atoms with Crippen molar-refractivity contribution in [2.24, 2.45) is 5.92 Å². The molecule has 0 atom stereocenters. The minimum atomic E-state index is -1.00. The van der Waals surface area contributed by atoms with Crippen molar-refractivity contribution in [2.45, 2.75) is 26.2 Å². The molecule has 2 rings (SSSR count). The van der Waals surface area contributed by atoms with Crippen molar-refractivity contribution in [2.75, 3.05) is 13.1 Å². The Morgan fingerprint density at radius 2 is 2.25 bits per heavy atom. The summed E-state index contributed by atoms with van der Waals surface area (Å²) >= 11 is 1.37. The first-order chi connectivity index (χ1) is 9.61. The number of hydrogen-bond acceptors (Lipinski definition) is 3. The van der Waals surface area contributed by atoms with E-state index in [-0.39, 0.29) is 5.91 Å². The first-order valence-corrected chi connectivity index (χ1v) is 7.77. The Kier molecular flexibility index (Phi) is 4.95. The van der Waals surface area contributed by atoms with E-state index in [0.29, 0.717) is 22.9 Å². The molecule has 1 heterocycles. The molecule has 0 radical (unpaired) electrons. The van der Waals surface area contributed by atoms with Gasteiger partial charge in [0.25, 0.3) is 5.91 Å². The molecular weight excluding hydrogens is 274 g/mol. The molecule has 1 N–H and O–H groups in total. The number of carbonyl (C=O) groups excluding carboxylic acids is 1. The SMILES string of the molecule is CCN(CC1CCC1)C(=O)c1sccc1/C=C/C(=O)O. The third-order valence-electron chi connectivity index (χ3n) is 3.67. The highest BCUT2D eigenvalue weighted by Crippen LogP contribution is 2.28. The lowest BCUT2D eigenvalue weighted by Crippen LogP contribution is -2.37. The van der Waals surface area contributed by atoms with Crippen LogP contribution in [0, 0.1) is 5.92 Å². The number of amides is 1. The number of nitrogens with zero attached hydrogens (tertiary/aromatic N) is 1. The number of rotatable bonds is 6. The van der Waals surface area contributed by atoms with E-state index < -0.39 is 5.97 Å². The van der Waals surface area contributed by atoms with Crippen LogP contribution in [-0.2, 0) is 4.79 Å². The Labute approximate surface area is 122 Å². The van der Waals surface area contributed by atoms with Crippen molar-refractivity contribution < 1.29 is 14.7 Å². The fourth-order valence-electron chi connectivity index (χ4n) is 2.27. The average Bonchev–Trinajstić information content (AvgIpc) is 2.83. The first-order valence-electron chi connectivity index (χ1n) is 6.89. The molecule has 5 heteroatoms. The minimum Gasteiger partial charge on any atom is -0.478 e. The monoisotopic (exact) mass is 293 g/mol. The maximum absolute atomic E-state index is 12.5. The van der Waals surface area contributed by atoms with Gasteiger partial charge in [0.1, 0.15) is 0 Å². The Morgan fingerprint density at radius 3 is 2.80 bits per heavy atom. The van der Waals surface area contributed by atoms with Crippen LogP contribution >= 0.6 is 11.3 Å². The van der Waals surface area contributed by atoms with E-state index >= 15 is 0 Å². The van der Waals surface area contributed by atoms with Crippen LogP contribution in [0.5, 0.6) is 0 Å². The summed E-state index contributed by atoms with van der Waals surface area (Å²) < 4.78 is 0. The van der Waals surface area contributed by atoms with Crippen molar-refractivity contribution in [3.05, 3.63) is 28.0 Å². The van der Waals surface area contributed by atoms with Crippen LogP contribution in [0.2, 0.25) is 0 Å². The van der Waals surface area contributed by atoms with Crippen LogP contribution in [-0.4, -0.2) is 35.0 Å². The number of hydrogen-bond donors (Lipinski definition) is 1.